The minimum absolute atomic E-state index is 0.120. The second kappa shape index (κ2) is 7.89. The second-order valence-electron chi connectivity index (χ2n) is 5.88. The molecule has 1 aliphatic rings. The number of benzene rings is 1. The Balaban J connectivity index is 1.82. The topological polar surface area (TPSA) is 61.6 Å². The van der Waals surface area contributed by atoms with Crippen LogP contribution >= 0.6 is 15.9 Å². The van der Waals surface area contributed by atoms with E-state index in [9.17, 15) is 10.1 Å². The summed E-state index contributed by atoms with van der Waals surface area (Å²) in [5.41, 5.74) is 0.692. The summed E-state index contributed by atoms with van der Waals surface area (Å²) in [7, 11) is 4.27. The average molecular weight is 371 g/mol. The summed E-state index contributed by atoms with van der Waals surface area (Å²) in [4.78, 5) is 15.4. The molecule has 0 amide bonds. The lowest BCUT2D eigenvalue weighted by atomic mass is 10.0. The quantitative estimate of drug-likeness (QED) is 0.616. The number of hydrogen-bond acceptors (Lipinski definition) is 5. The zero-order valence-electron chi connectivity index (χ0n) is 13.1. The minimum Gasteiger partial charge on any atom is -0.378 e. The van der Waals surface area contributed by atoms with Gasteiger partial charge in [-0.3, -0.25) is 10.1 Å². The lowest BCUT2D eigenvalue weighted by Crippen LogP contribution is -2.43. The van der Waals surface area contributed by atoms with Crippen molar-refractivity contribution in [2.45, 2.75) is 18.9 Å². The monoisotopic (exact) mass is 370 g/mol. The van der Waals surface area contributed by atoms with Crippen molar-refractivity contribution in [3.8, 4) is 0 Å². The number of hydrogen-bond donors (Lipinski definition) is 1. The molecule has 6 nitrogen and oxygen atoms in total. The molecule has 1 N–H and O–H groups in total. The van der Waals surface area contributed by atoms with E-state index in [1.165, 1.54) is 18.9 Å². The van der Waals surface area contributed by atoms with Gasteiger partial charge in [0.1, 0.15) is 5.69 Å². The van der Waals surface area contributed by atoms with Gasteiger partial charge in [-0.2, -0.15) is 0 Å². The molecule has 0 spiro atoms. The third-order valence-corrected chi connectivity index (χ3v) is 4.68. The molecule has 7 heteroatoms. The molecule has 2 rings (SSSR count). The molecule has 0 bridgehead atoms. The van der Waals surface area contributed by atoms with Gasteiger partial charge in [0.05, 0.1) is 4.92 Å². The smallest absolute Gasteiger partial charge is 0.292 e. The van der Waals surface area contributed by atoms with Crippen molar-refractivity contribution >= 4 is 27.3 Å². The Morgan fingerprint density at radius 1 is 1.41 bits per heavy atom. The average Bonchev–Trinajstić information content (AvgIpc) is 2.47. The number of nitro benzene ring substituents is 1. The van der Waals surface area contributed by atoms with Gasteiger partial charge in [-0.25, -0.2) is 0 Å². The summed E-state index contributed by atoms with van der Waals surface area (Å²) in [6, 6.07) is 5.65. The van der Waals surface area contributed by atoms with Gasteiger partial charge in [-0.15, -0.1) is 0 Å². The molecule has 0 atom stereocenters. The van der Waals surface area contributed by atoms with Crippen molar-refractivity contribution in [1.29, 1.82) is 0 Å². The van der Waals surface area contributed by atoms with Crippen molar-refractivity contribution < 1.29 is 4.92 Å². The van der Waals surface area contributed by atoms with Crippen LogP contribution < -0.4 is 5.32 Å². The molecule has 122 valence electrons. The van der Waals surface area contributed by atoms with E-state index in [1.807, 2.05) is 0 Å². The van der Waals surface area contributed by atoms with Crippen LogP contribution in [0.15, 0.2) is 22.7 Å². The highest BCUT2D eigenvalue weighted by Gasteiger charge is 2.20. The molecular formula is C15H23BrN4O2. The first-order valence-corrected chi connectivity index (χ1v) is 8.33. The van der Waals surface area contributed by atoms with E-state index in [0.29, 0.717) is 18.3 Å². The third kappa shape index (κ3) is 4.66. The molecule has 1 aliphatic heterocycles. The van der Waals surface area contributed by atoms with Gasteiger partial charge in [-0.1, -0.05) is 15.9 Å². The van der Waals surface area contributed by atoms with E-state index in [4.69, 9.17) is 0 Å². The fraction of sp³-hybridized carbons (Fsp3) is 0.600. The normalized spacial score (nSPS) is 16.9. The standard InChI is InChI=1S/C15H23BrN4O2/c1-18(2)13-5-8-19(9-6-13)10-7-17-14-11-12(16)3-4-15(14)20(21)22/h3-4,11,13,17H,5-10H2,1-2H3. The molecule has 0 saturated carbocycles. The van der Waals surface area contributed by atoms with Crippen molar-refractivity contribution in [3.05, 3.63) is 32.8 Å². The van der Waals surface area contributed by atoms with Crippen LogP contribution in [-0.4, -0.2) is 61.0 Å². The van der Waals surface area contributed by atoms with Gasteiger partial charge < -0.3 is 15.1 Å². The maximum Gasteiger partial charge on any atom is 0.292 e. The molecule has 22 heavy (non-hydrogen) atoms. The summed E-state index contributed by atoms with van der Waals surface area (Å²) in [6.45, 7) is 3.80. The predicted molar refractivity (Wildman–Crippen MR) is 92.4 cm³/mol. The Kier molecular flexibility index (Phi) is 6.16. The molecule has 1 fully saturated rings. The molecule has 0 aliphatic carbocycles. The number of anilines is 1. The van der Waals surface area contributed by atoms with E-state index < -0.39 is 0 Å². The van der Waals surface area contributed by atoms with Crippen LogP contribution in [0.4, 0.5) is 11.4 Å². The Morgan fingerprint density at radius 2 is 2.09 bits per heavy atom. The van der Waals surface area contributed by atoms with Gasteiger partial charge in [0, 0.05) is 29.7 Å². The van der Waals surface area contributed by atoms with Gasteiger partial charge in [-0.05, 0) is 52.2 Å². The number of rotatable bonds is 6. The first kappa shape index (κ1) is 17.2. The highest BCUT2D eigenvalue weighted by molar-refractivity contribution is 9.10. The molecular weight excluding hydrogens is 348 g/mol. The first-order valence-electron chi connectivity index (χ1n) is 7.54. The lowest BCUT2D eigenvalue weighted by molar-refractivity contribution is -0.384. The minimum atomic E-state index is -0.350. The number of nitro groups is 1. The summed E-state index contributed by atoms with van der Waals surface area (Å²) in [5.74, 6) is 0. The van der Waals surface area contributed by atoms with Gasteiger partial charge in [0.2, 0.25) is 0 Å². The summed E-state index contributed by atoms with van der Waals surface area (Å²) in [5, 5.41) is 14.2. The highest BCUT2D eigenvalue weighted by Crippen LogP contribution is 2.27. The Bertz CT molecular complexity index is 516. The van der Waals surface area contributed by atoms with Gasteiger partial charge in [0.15, 0.2) is 0 Å². The third-order valence-electron chi connectivity index (χ3n) is 4.19. The molecule has 1 aromatic carbocycles. The van der Waals surface area contributed by atoms with E-state index in [1.54, 1.807) is 12.1 Å². The molecule has 0 radical (unpaired) electrons. The molecule has 1 saturated heterocycles. The Labute approximate surface area is 139 Å². The number of nitrogens with one attached hydrogen (secondary N) is 1. The summed E-state index contributed by atoms with van der Waals surface area (Å²) in [6.07, 6.45) is 2.37. The maximum absolute atomic E-state index is 11.0. The Hall–Kier alpha value is -1.18. The van der Waals surface area contributed by atoms with Gasteiger partial charge >= 0.3 is 0 Å². The van der Waals surface area contributed by atoms with Crippen LogP contribution in [0, 0.1) is 10.1 Å². The molecule has 0 aromatic heterocycles. The first-order chi connectivity index (χ1) is 10.5. The fourth-order valence-electron chi connectivity index (χ4n) is 2.82. The van der Waals surface area contributed by atoms with Crippen molar-refractivity contribution in [1.82, 2.24) is 9.80 Å². The van der Waals surface area contributed by atoms with Crippen LogP contribution in [0.3, 0.4) is 0 Å². The summed E-state index contributed by atoms with van der Waals surface area (Å²) < 4.78 is 0.840. The van der Waals surface area contributed by atoms with Crippen LogP contribution in [0.2, 0.25) is 0 Å². The number of halogens is 1. The SMILES string of the molecule is CN(C)C1CCN(CCNc2cc(Br)ccc2[N+](=O)[O-])CC1. The van der Waals surface area contributed by atoms with Crippen LogP contribution in [0.5, 0.6) is 0 Å². The zero-order valence-corrected chi connectivity index (χ0v) is 14.7. The van der Waals surface area contributed by atoms with Crippen molar-refractivity contribution in [2.75, 3.05) is 45.6 Å². The van der Waals surface area contributed by atoms with E-state index in [-0.39, 0.29) is 10.6 Å². The largest absolute Gasteiger partial charge is 0.378 e. The van der Waals surface area contributed by atoms with E-state index in [0.717, 1.165) is 24.1 Å². The fourth-order valence-corrected chi connectivity index (χ4v) is 3.18. The van der Waals surface area contributed by atoms with Gasteiger partial charge in [0.25, 0.3) is 5.69 Å². The van der Waals surface area contributed by atoms with Crippen LogP contribution in [-0.2, 0) is 0 Å². The van der Waals surface area contributed by atoms with E-state index >= 15 is 0 Å². The molecule has 1 heterocycles. The number of likely N-dealkylation sites (tertiary alicyclic amines) is 1. The number of piperidine rings is 1. The van der Waals surface area contributed by atoms with Crippen molar-refractivity contribution in [2.24, 2.45) is 0 Å². The maximum atomic E-state index is 11.0. The Morgan fingerprint density at radius 3 is 2.68 bits per heavy atom. The molecule has 0 unspecified atom stereocenters. The number of nitrogens with zero attached hydrogens (tertiary/aromatic N) is 3. The lowest BCUT2D eigenvalue weighted by Gasteiger charge is -2.35. The molecule has 1 aromatic rings. The van der Waals surface area contributed by atoms with E-state index in [2.05, 4.69) is 45.1 Å². The highest BCUT2D eigenvalue weighted by atomic mass is 79.9. The van der Waals surface area contributed by atoms with Crippen LogP contribution in [0.25, 0.3) is 0 Å². The second-order valence-corrected chi connectivity index (χ2v) is 6.80. The van der Waals surface area contributed by atoms with Crippen molar-refractivity contribution in [3.63, 3.8) is 0 Å². The zero-order chi connectivity index (χ0) is 16.1. The predicted octanol–water partition coefficient (Wildman–Crippen LogP) is 2.80. The summed E-state index contributed by atoms with van der Waals surface area (Å²) >= 11 is 3.36. The van der Waals surface area contributed by atoms with Crippen LogP contribution in [0.1, 0.15) is 12.8 Å².